The highest BCUT2D eigenvalue weighted by molar-refractivity contribution is 7.99. The van der Waals surface area contributed by atoms with E-state index in [9.17, 15) is 0 Å². The van der Waals surface area contributed by atoms with Gasteiger partial charge in [-0.25, -0.2) is 0 Å². The van der Waals surface area contributed by atoms with Gasteiger partial charge >= 0.3 is 0 Å². The second kappa shape index (κ2) is 5.26. The zero-order valence-electron chi connectivity index (χ0n) is 12.0. The number of rotatable bonds is 3. The summed E-state index contributed by atoms with van der Waals surface area (Å²) in [5.41, 5.74) is 1.96. The van der Waals surface area contributed by atoms with Gasteiger partial charge in [-0.2, -0.15) is 11.8 Å². The first-order valence-electron chi connectivity index (χ1n) is 6.81. The third-order valence-corrected chi connectivity index (χ3v) is 4.79. The van der Waals surface area contributed by atoms with Gasteiger partial charge in [0.05, 0.1) is 0 Å². The fourth-order valence-electron chi connectivity index (χ4n) is 3.13. The second-order valence-corrected chi connectivity index (χ2v) is 8.01. The lowest BCUT2D eigenvalue weighted by Gasteiger charge is -2.46. The first-order chi connectivity index (χ1) is 8.36. The third kappa shape index (κ3) is 4.03. The summed E-state index contributed by atoms with van der Waals surface area (Å²) < 4.78 is 0. The highest BCUT2D eigenvalue weighted by Crippen LogP contribution is 2.36. The number of thioether (sulfide) groups is 1. The van der Waals surface area contributed by atoms with E-state index in [-0.39, 0.29) is 11.1 Å². The lowest BCUT2D eigenvalue weighted by Crippen LogP contribution is -2.58. The van der Waals surface area contributed by atoms with Gasteiger partial charge in [-0.05, 0) is 46.1 Å². The molecule has 1 aliphatic rings. The van der Waals surface area contributed by atoms with Crippen molar-refractivity contribution in [3.8, 4) is 0 Å². The van der Waals surface area contributed by atoms with Crippen LogP contribution in [-0.2, 0) is 5.75 Å². The molecule has 0 radical (unpaired) electrons. The summed E-state index contributed by atoms with van der Waals surface area (Å²) in [5.74, 6) is 1.14. The Morgan fingerprint density at radius 2 is 1.61 bits per heavy atom. The molecule has 18 heavy (non-hydrogen) atoms. The first-order valence-corrected chi connectivity index (χ1v) is 7.86. The van der Waals surface area contributed by atoms with Gasteiger partial charge in [0, 0.05) is 22.1 Å². The summed E-state index contributed by atoms with van der Waals surface area (Å²) in [6, 6.07) is 10.8. The zero-order valence-corrected chi connectivity index (χ0v) is 12.8. The largest absolute Gasteiger partial charge is 0.307 e. The maximum Gasteiger partial charge on any atom is 0.0187 e. The van der Waals surface area contributed by atoms with Crippen molar-refractivity contribution in [3.05, 3.63) is 35.9 Å². The predicted molar refractivity (Wildman–Crippen MR) is 82.1 cm³/mol. The Hall–Kier alpha value is -0.470. The van der Waals surface area contributed by atoms with Gasteiger partial charge in [0.1, 0.15) is 0 Å². The quantitative estimate of drug-likeness (QED) is 0.876. The van der Waals surface area contributed by atoms with Gasteiger partial charge in [-0.3, -0.25) is 0 Å². The van der Waals surface area contributed by atoms with E-state index in [4.69, 9.17) is 0 Å². The van der Waals surface area contributed by atoms with Gasteiger partial charge in [0.25, 0.3) is 0 Å². The molecule has 0 spiro atoms. The number of benzene rings is 1. The van der Waals surface area contributed by atoms with Crippen LogP contribution in [0.15, 0.2) is 30.3 Å². The molecular weight excluding hydrogens is 238 g/mol. The minimum absolute atomic E-state index is 0.260. The molecule has 0 aromatic heterocycles. The Bertz CT molecular complexity index is 367. The molecule has 0 amide bonds. The van der Waals surface area contributed by atoms with E-state index in [1.807, 2.05) is 0 Å². The summed E-state index contributed by atoms with van der Waals surface area (Å²) in [5, 5.41) is 4.51. The van der Waals surface area contributed by atoms with E-state index >= 15 is 0 Å². The molecule has 2 rings (SSSR count). The lowest BCUT2D eigenvalue weighted by molar-refractivity contribution is 0.188. The Labute approximate surface area is 116 Å². The van der Waals surface area contributed by atoms with Crippen molar-refractivity contribution < 1.29 is 0 Å². The van der Waals surface area contributed by atoms with Crippen LogP contribution in [0.25, 0.3) is 0 Å². The van der Waals surface area contributed by atoms with Crippen LogP contribution >= 0.6 is 11.8 Å². The first kappa shape index (κ1) is 14.0. The van der Waals surface area contributed by atoms with Crippen LogP contribution in [0, 0.1) is 0 Å². The van der Waals surface area contributed by atoms with E-state index in [1.54, 1.807) is 0 Å². The number of nitrogens with one attached hydrogen (secondary N) is 1. The highest BCUT2D eigenvalue weighted by Gasteiger charge is 2.37. The van der Waals surface area contributed by atoms with Crippen LogP contribution in [0.3, 0.4) is 0 Å². The van der Waals surface area contributed by atoms with E-state index in [2.05, 4.69) is 75.1 Å². The van der Waals surface area contributed by atoms with Crippen molar-refractivity contribution >= 4 is 11.8 Å². The molecule has 1 aromatic rings. The standard InChI is InChI=1S/C16H25NS/c1-15(2)10-14(11-16(3,4)17-15)18-12-13-8-6-5-7-9-13/h5-9,14,17H,10-12H2,1-4H3. The summed E-state index contributed by atoms with van der Waals surface area (Å²) in [6.45, 7) is 9.29. The molecule has 1 N–H and O–H groups in total. The Morgan fingerprint density at radius 1 is 1.06 bits per heavy atom. The summed E-state index contributed by atoms with van der Waals surface area (Å²) >= 11 is 2.12. The molecule has 0 aliphatic carbocycles. The smallest absolute Gasteiger partial charge is 0.0187 e. The van der Waals surface area contributed by atoms with E-state index in [0.717, 1.165) is 11.0 Å². The average Bonchev–Trinajstić information content (AvgIpc) is 2.24. The van der Waals surface area contributed by atoms with Crippen molar-refractivity contribution in [1.82, 2.24) is 5.32 Å². The summed E-state index contributed by atoms with van der Waals surface area (Å²) in [4.78, 5) is 0. The van der Waals surface area contributed by atoms with Crippen LogP contribution in [0.2, 0.25) is 0 Å². The van der Waals surface area contributed by atoms with E-state index < -0.39 is 0 Å². The molecule has 1 fully saturated rings. The monoisotopic (exact) mass is 263 g/mol. The van der Waals surface area contributed by atoms with Crippen LogP contribution in [0.1, 0.15) is 46.1 Å². The van der Waals surface area contributed by atoms with Gasteiger partial charge in [-0.1, -0.05) is 30.3 Å². The molecule has 1 saturated heterocycles. The van der Waals surface area contributed by atoms with Crippen LogP contribution in [0.4, 0.5) is 0 Å². The predicted octanol–water partition coefficient (Wildman–Crippen LogP) is 4.23. The molecule has 2 heteroatoms. The maximum absolute atomic E-state index is 3.75. The molecule has 0 atom stereocenters. The van der Waals surface area contributed by atoms with Crippen molar-refractivity contribution in [1.29, 1.82) is 0 Å². The van der Waals surface area contributed by atoms with Gasteiger partial charge < -0.3 is 5.32 Å². The molecule has 1 heterocycles. The Balaban J connectivity index is 1.93. The molecule has 1 nitrogen and oxygen atoms in total. The molecule has 1 aromatic carbocycles. The molecule has 0 unspecified atom stereocenters. The van der Waals surface area contributed by atoms with Crippen molar-refractivity contribution in [2.24, 2.45) is 0 Å². The fraction of sp³-hybridized carbons (Fsp3) is 0.625. The summed E-state index contributed by atoms with van der Waals surface area (Å²) in [6.07, 6.45) is 2.52. The van der Waals surface area contributed by atoms with Gasteiger partial charge in [-0.15, -0.1) is 0 Å². The average molecular weight is 263 g/mol. The zero-order chi connectivity index (χ0) is 13.2. The van der Waals surface area contributed by atoms with Crippen LogP contribution < -0.4 is 5.32 Å². The molecule has 100 valence electrons. The van der Waals surface area contributed by atoms with Crippen molar-refractivity contribution in [2.45, 2.75) is 62.6 Å². The van der Waals surface area contributed by atoms with Crippen LogP contribution in [0.5, 0.6) is 0 Å². The molecular formula is C16H25NS. The van der Waals surface area contributed by atoms with E-state index in [0.29, 0.717) is 0 Å². The van der Waals surface area contributed by atoms with Gasteiger partial charge in [0.2, 0.25) is 0 Å². The third-order valence-electron chi connectivity index (χ3n) is 3.48. The van der Waals surface area contributed by atoms with E-state index in [1.165, 1.54) is 18.4 Å². The molecule has 0 saturated carbocycles. The maximum atomic E-state index is 3.75. The fourth-order valence-corrected chi connectivity index (χ4v) is 4.82. The Morgan fingerprint density at radius 3 is 2.17 bits per heavy atom. The molecule has 0 bridgehead atoms. The van der Waals surface area contributed by atoms with Crippen LogP contribution in [-0.4, -0.2) is 16.3 Å². The highest BCUT2D eigenvalue weighted by atomic mass is 32.2. The van der Waals surface area contributed by atoms with Crippen molar-refractivity contribution in [2.75, 3.05) is 0 Å². The minimum Gasteiger partial charge on any atom is -0.307 e. The number of hydrogen-bond acceptors (Lipinski definition) is 2. The molecule has 1 aliphatic heterocycles. The topological polar surface area (TPSA) is 12.0 Å². The SMILES string of the molecule is CC1(C)CC(SCc2ccccc2)CC(C)(C)N1. The Kier molecular flexibility index (Phi) is 4.08. The lowest BCUT2D eigenvalue weighted by atomic mass is 9.82. The van der Waals surface area contributed by atoms with Gasteiger partial charge in [0.15, 0.2) is 0 Å². The normalized spacial score (nSPS) is 22.9. The number of hydrogen-bond donors (Lipinski definition) is 1. The minimum atomic E-state index is 0.260. The second-order valence-electron chi connectivity index (χ2n) is 6.72. The number of piperidine rings is 1. The summed E-state index contributed by atoms with van der Waals surface area (Å²) in [7, 11) is 0. The van der Waals surface area contributed by atoms with Crippen molar-refractivity contribution in [3.63, 3.8) is 0 Å².